The molecule has 0 spiro atoms. The van der Waals surface area contributed by atoms with Crippen LogP contribution in [-0.2, 0) is 39.2 Å². The first-order valence-electron chi connectivity index (χ1n) is 5.25. The third-order valence-electron chi connectivity index (χ3n) is 1.93. The molecule has 0 rings (SSSR count). The second-order valence-electron chi connectivity index (χ2n) is 3.23. The molecule has 122 valence electrons. The normalized spacial score (nSPS) is 17.7. The molecule has 2 unspecified atom stereocenters. The third-order valence-corrected chi connectivity index (χ3v) is 6.96. The number of rotatable bonds is 8. The van der Waals surface area contributed by atoms with Crippen LogP contribution in [0.25, 0.3) is 12.3 Å². The molecule has 0 saturated heterocycles. The van der Waals surface area contributed by atoms with Crippen molar-refractivity contribution in [1.82, 2.24) is 0 Å². The molecule has 0 radical (unpaired) electrons. The molecule has 0 aromatic rings. The minimum Gasteiger partial charge on any atom is -0.693 e. The first-order chi connectivity index (χ1) is 7.31. The minimum atomic E-state index is -4.11. The SMILES string of the molecule is CCCC(P(=O)(O)OCC)P(=O)(O)OCC.[NH2-].[NH2-].[Pt+2]. The van der Waals surface area contributed by atoms with E-state index in [9.17, 15) is 18.9 Å². The van der Waals surface area contributed by atoms with Gasteiger partial charge in [-0.3, -0.25) is 9.13 Å². The Hall–Kier alpha value is 0.908. The van der Waals surface area contributed by atoms with Gasteiger partial charge >= 0.3 is 36.3 Å². The molecule has 0 amide bonds. The van der Waals surface area contributed by atoms with Gasteiger partial charge in [0.05, 0.1) is 13.2 Å². The summed E-state index contributed by atoms with van der Waals surface area (Å²) in [4.78, 5) is 19.2. The summed E-state index contributed by atoms with van der Waals surface area (Å²) in [5.41, 5.74) is 0. The van der Waals surface area contributed by atoms with Crippen LogP contribution in [0.15, 0.2) is 0 Å². The van der Waals surface area contributed by atoms with Crippen LogP contribution in [0.3, 0.4) is 0 Å². The molecule has 11 heteroatoms. The largest absolute Gasteiger partial charge is 2.00 e. The molecule has 0 heterocycles. The quantitative estimate of drug-likeness (QED) is 0.478. The van der Waals surface area contributed by atoms with Gasteiger partial charge in [-0.15, -0.1) is 0 Å². The summed E-state index contributed by atoms with van der Waals surface area (Å²) in [6.07, 6.45) is 0.613. The van der Waals surface area contributed by atoms with Gasteiger partial charge in [0.2, 0.25) is 0 Å². The molecule has 0 aliphatic carbocycles. The van der Waals surface area contributed by atoms with E-state index < -0.39 is 20.6 Å². The van der Waals surface area contributed by atoms with E-state index in [-0.39, 0.29) is 53.0 Å². The fourth-order valence-electron chi connectivity index (χ4n) is 1.31. The number of hydrogen-bond acceptors (Lipinski definition) is 4. The molecule has 8 nitrogen and oxygen atoms in total. The molecule has 0 bridgehead atoms. The van der Waals surface area contributed by atoms with E-state index in [1.807, 2.05) is 0 Å². The van der Waals surface area contributed by atoms with Crippen LogP contribution in [0.1, 0.15) is 33.6 Å². The molecule has 19 heavy (non-hydrogen) atoms. The van der Waals surface area contributed by atoms with Crippen LogP contribution in [-0.4, -0.2) is 28.4 Å². The standard InChI is InChI=1S/C8H20O6P2.2H2N.Pt/c1-4-7-8(15(9,10)13-5-2)16(11,12)14-6-3;;;/h8H,4-7H2,1-3H3,(H,9,10)(H,11,12);2*1H2;/q;2*-1;+2. The maximum absolute atomic E-state index is 11.7. The van der Waals surface area contributed by atoms with Gasteiger partial charge in [-0.05, 0) is 20.3 Å². The van der Waals surface area contributed by atoms with Gasteiger partial charge < -0.3 is 31.1 Å². The van der Waals surface area contributed by atoms with Crippen molar-refractivity contribution in [3.63, 3.8) is 0 Å². The molecule has 0 fully saturated rings. The maximum atomic E-state index is 11.7. The summed E-state index contributed by atoms with van der Waals surface area (Å²) >= 11 is 0. The Morgan fingerprint density at radius 2 is 1.26 bits per heavy atom. The van der Waals surface area contributed by atoms with Crippen LogP contribution < -0.4 is 0 Å². The summed E-state index contributed by atoms with van der Waals surface area (Å²) in [5, 5.41) is -1.36. The van der Waals surface area contributed by atoms with E-state index >= 15 is 0 Å². The van der Waals surface area contributed by atoms with Crippen molar-refractivity contribution in [2.24, 2.45) is 0 Å². The smallest absolute Gasteiger partial charge is 0.693 e. The van der Waals surface area contributed by atoms with Gasteiger partial charge in [0, 0.05) is 0 Å². The molecular formula is C8H24N2O6P2Pt. The predicted molar refractivity (Wildman–Crippen MR) is 72.2 cm³/mol. The van der Waals surface area contributed by atoms with Crippen molar-refractivity contribution in [1.29, 1.82) is 0 Å². The Kier molecular flexibility index (Phi) is 18.7. The van der Waals surface area contributed by atoms with Crippen LogP contribution >= 0.6 is 15.2 Å². The van der Waals surface area contributed by atoms with Crippen molar-refractivity contribution in [3.05, 3.63) is 12.3 Å². The fourth-order valence-corrected chi connectivity index (χ4v) is 5.44. The molecule has 0 aromatic heterocycles. The van der Waals surface area contributed by atoms with Crippen molar-refractivity contribution >= 4 is 15.2 Å². The van der Waals surface area contributed by atoms with Crippen molar-refractivity contribution in [2.75, 3.05) is 13.2 Å². The molecule has 0 aliphatic heterocycles. The third kappa shape index (κ3) is 9.46. The second-order valence-corrected chi connectivity index (χ2v) is 7.66. The van der Waals surface area contributed by atoms with Gasteiger partial charge in [0.15, 0.2) is 5.40 Å². The first-order valence-corrected chi connectivity index (χ1v) is 8.55. The Morgan fingerprint density at radius 1 is 0.947 bits per heavy atom. The van der Waals surface area contributed by atoms with E-state index in [0.29, 0.717) is 6.42 Å². The molecular weight excluding hydrogens is 477 g/mol. The monoisotopic (exact) mass is 501 g/mol. The van der Waals surface area contributed by atoms with Gasteiger partial charge in [0.1, 0.15) is 0 Å². The summed E-state index contributed by atoms with van der Waals surface area (Å²) < 4.78 is 32.8. The maximum Gasteiger partial charge on any atom is 2.00 e. The van der Waals surface area contributed by atoms with Gasteiger partial charge in [-0.2, -0.15) is 0 Å². The van der Waals surface area contributed by atoms with E-state index in [4.69, 9.17) is 0 Å². The molecule has 0 aliphatic rings. The summed E-state index contributed by atoms with van der Waals surface area (Å²) in [5.74, 6) is 0. The Morgan fingerprint density at radius 3 is 1.47 bits per heavy atom. The van der Waals surface area contributed by atoms with Crippen molar-refractivity contribution in [3.8, 4) is 0 Å². The summed E-state index contributed by atoms with van der Waals surface area (Å²) in [7, 11) is -8.22. The fraction of sp³-hybridized carbons (Fsp3) is 1.00. The van der Waals surface area contributed by atoms with Crippen LogP contribution in [0, 0.1) is 0 Å². The zero-order valence-electron chi connectivity index (χ0n) is 11.3. The average molecular weight is 501 g/mol. The Balaban J connectivity index is -0.000000375. The number of hydrogen-bond donors (Lipinski definition) is 2. The number of nitrogens with two attached hydrogens (primary N) is 2. The topological polar surface area (TPSA) is 160 Å². The molecule has 6 N–H and O–H groups in total. The first kappa shape index (κ1) is 28.1. The summed E-state index contributed by atoms with van der Waals surface area (Å²) in [6.45, 7) is 4.88. The average Bonchev–Trinajstić information content (AvgIpc) is 2.13. The van der Waals surface area contributed by atoms with Crippen molar-refractivity contribution in [2.45, 2.75) is 39.0 Å². The molecule has 0 aromatic carbocycles. The minimum absolute atomic E-state index is 0. The Labute approximate surface area is 129 Å². The zero-order chi connectivity index (χ0) is 12.8. The van der Waals surface area contributed by atoms with Crippen LogP contribution in [0.5, 0.6) is 0 Å². The predicted octanol–water partition coefficient (Wildman–Crippen LogP) is 3.99. The molecule has 0 saturated carbocycles. The van der Waals surface area contributed by atoms with Crippen LogP contribution in [0.4, 0.5) is 0 Å². The van der Waals surface area contributed by atoms with E-state index in [2.05, 4.69) is 9.05 Å². The van der Waals surface area contributed by atoms with Crippen molar-refractivity contribution < 1.29 is 49.0 Å². The molecule has 2 atom stereocenters. The van der Waals surface area contributed by atoms with E-state index in [1.165, 1.54) is 0 Å². The van der Waals surface area contributed by atoms with Gasteiger partial charge in [-0.1, -0.05) is 13.3 Å². The second kappa shape index (κ2) is 12.6. The zero-order valence-corrected chi connectivity index (χ0v) is 15.4. The van der Waals surface area contributed by atoms with Crippen LogP contribution in [0.2, 0.25) is 0 Å². The van der Waals surface area contributed by atoms with Gasteiger partial charge in [0.25, 0.3) is 0 Å². The Bertz CT molecular complexity index is 281. The summed E-state index contributed by atoms with van der Waals surface area (Å²) in [6, 6.07) is 0. The van der Waals surface area contributed by atoms with Gasteiger partial charge in [-0.25, -0.2) is 0 Å². The van der Waals surface area contributed by atoms with E-state index in [1.54, 1.807) is 20.8 Å². The van der Waals surface area contributed by atoms with E-state index in [0.717, 1.165) is 0 Å².